The Balaban J connectivity index is 2.45. The van der Waals surface area contributed by atoms with Gasteiger partial charge in [-0.25, -0.2) is 9.18 Å². The van der Waals surface area contributed by atoms with Crippen LogP contribution >= 0.6 is 0 Å². The maximum absolute atomic E-state index is 14.0. The van der Waals surface area contributed by atoms with Gasteiger partial charge in [-0.15, -0.1) is 0 Å². The number of hydrogen-bond donors (Lipinski definition) is 3. The normalized spacial score (nSPS) is 32.9. The van der Waals surface area contributed by atoms with Gasteiger partial charge >= 0.3 is 5.69 Å². The van der Waals surface area contributed by atoms with Gasteiger partial charge in [0.15, 0.2) is 12.4 Å². The summed E-state index contributed by atoms with van der Waals surface area (Å²) >= 11 is 0. The lowest BCUT2D eigenvalue weighted by molar-refractivity contribution is -0.116. The van der Waals surface area contributed by atoms with Crippen LogP contribution in [0.2, 0.25) is 0 Å². The number of rotatable bonds is 3. The zero-order chi connectivity index (χ0) is 14.9. The summed E-state index contributed by atoms with van der Waals surface area (Å²) in [6, 6.07) is 1.25. The van der Waals surface area contributed by atoms with Crippen LogP contribution in [-0.2, 0) is 4.74 Å². The Bertz CT molecular complexity index is 617. The number of aromatic nitrogens is 2. The van der Waals surface area contributed by atoms with Gasteiger partial charge in [0.2, 0.25) is 5.72 Å². The van der Waals surface area contributed by atoms with E-state index in [1.165, 1.54) is 6.07 Å². The molecule has 108 valence electrons. The fourth-order valence-electron chi connectivity index (χ4n) is 1.91. The Morgan fingerprint density at radius 3 is 3.00 bits per heavy atom. The first-order chi connectivity index (χ1) is 9.45. The van der Waals surface area contributed by atoms with Crippen molar-refractivity contribution in [3.8, 4) is 0 Å². The second-order valence-corrected chi connectivity index (χ2v) is 4.14. The standard InChI is InChI=1S/C9H11FN6O4/c10-6-5(18)7(20-9(6,3-17)14-15-12)16-2-1-4(11)13-8(16)19/h1-2,5-7,17-18H,3H2,(H2,11,13,19)/t5-,6?,7-,9-/m1/s1. The van der Waals surface area contributed by atoms with Crippen LogP contribution < -0.4 is 11.4 Å². The van der Waals surface area contributed by atoms with E-state index in [1.54, 1.807) is 0 Å². The Morgan fingerprint density at radius 1 is 1.75 bits per heavy atom. The molecule has 11 heteroatoms. The zero-order valence-corrected chi connectivity index (χ0v) is 10.00. The quantitative estimate of drug-likeness (QED) is 0.369. The van der Waals surface area contributed by atoms with E-state index in [9.17, 15) is 14.3 Å². The van der Waals surface area contributed by atoms with Crippen molar-refractivity contribution in [3.05, 3.63) is 33.2 Å². The van der Waals surface area contributed by atoms with Crippen molar-refractivity contribution >= 4 is 5.82 Å². The van der Waals surface area contributed by atoms with E-state index in [-0.39, 0.29) is 5.82 Å². The number of nitrogens with two attached hydrogens (primary N) is 1. The molecule has 0 bridgehead atoms. The average molecular weight is 286 g/mol. The summed E-state index contributed by atoms with van der Waals surface area (Å²) in [5.41, 5.74) is 10.5. The lowest BCUT2D eigenvalue weighted by Crippen LogP contribution is -2.41. The first kappa shape index (κ1) is 14.2. The molecule has 0 saturated carbocycles. The van der Waals surface area contributed by atoms with Crippen LogP contribution in [0.5, 0.6) is 0 Å². The molecule has 0 radical (unpaired) electrons. The molecular weight excluding hydrogens is 275 g/mol. The molecule has 0 aromatic carbocycles. The molecular formula is C9H11FN6O4. The van der Waals surface area contributed by atoms with Crippen LogP contribution in [0.15, 0.2) is 22.2 Å². The van der Waals surface area contributed by atoms with Gasteiger partial charge in [-0.05, 0) is 11.6 Å². The topological polar surface area (TPSA) is 159 Å². The minimum atomic E-state index is -2.29. The van der Waals surface area contributed by atoms with E-state index in [0.717, 1.165) is 10.8 Å². The van der Waals surface area contributed by atoms with Crippen molar-refractivity contribution in [3.63, 3.8) is 0 Å². The molecule has 1 unspecified atom stereocenters. The van der Waals surface area contributed by atoms with E-state index >= 15 is 0 Å². The fourth-order valence-corrected chi connectivity index (χ4v) is 1.91. The number of aliphatic hydroxyl groups is 2. The molecule has 1 aromatic rings. The van der Waals surface area contributed by atoms with Gasteiger partial charge in [0.25, 0.3) is 0 Å². The number of alkyl halides is 1. The van der Waals surface area contributed by atoms with Gasteiger partial charge < -0.3 is 20.7 Å². The highest BCUT2D eigenvalue weighted by molar-refractivity contribution is 5.23. The molecule has 2 rings (SSSR count). The minimum Gasteiger partial charge on any atom is -0.393 e. The van der Waals surface area contributed by atoms with Crippen LogP contribution in [0.3, 0.4) is 0 Å². The number of halogens is 1. The Hall–Kier alpha value is -2.20. The smallest absolute Gasteiger partial charge is 0.351 e. The van der Waals surface area contributed by atoms with Gasteiger partial charge in [-0.1, -0.05) is 5.11 Å². The highest BCUT2D eigenvalue weighted by atomic mass is 19.1. The van der Waals surface area contributed by atoms with Gasteiger partial charge in [0, 0.05) is 11.1 Å². The van der Waals surface area contributed by atoms with Gasteiger partial charge in [-0.2, -0.15) is 4.98 Å². The van der Waals surface area contributed by atoms with Crippen LogP contribution in [0.1, 0.15) is 6.23 Å². The summed E-state index contributed by atoms with van der Waals surface area (Å²) in [6.45, 7) is -0.997. The predicted octanol–water partition coefficient (Wildman–Crippen LogP) is -0.948. The fraction of sp³-hybridized carbons (Fsp3) is 0.556. The Kier molecular flexibility index (Phi) is 3.59. The van der Waals surface area contributed by atoms with Gasteiger partial charge in [-0.3, -0.25) is 4.57 Å². The lowest BCUT2D eigenvalue weighted by Gasteiger charge is -2.22. The van der Waals surface area contributed by atoms with Crippen molar-refractivity contribution in [1.82, 2.24) is 9.55 Å². The molecule has 1 aliphatic rings. The van der Waals surface area contributed by atoms with E-state index < -0.39 is 36.5 Å². The maximum Gasteiger partial charge on any atom is 0.351 e. The molecule has 1 fully saturated rings. The third-order valence-electron chi connectivity index (χ3n) is 2.91. The third-order valence-corrected chi connectivity index (χ3v) is 2.91. The summed E-state index contributed by atoms with van der Waals surface area (Å²) in [7, 11) is 0. The number of hydrogen-bond acceptors (Lipinski definition) is 7. The molecule has 0 spiro atoms. The second-order valence-electron chi connectivity index (χ2n) is 4.14. The molecule has 10 nitrogen and oxygen atoms in total. The molecule has 20 heavy (non-hydrogen) atoms. The number of ether oxygens (including phenoxy) is 1. The highest BCUT2D eigenvalue weighted by Crippen LogP contribution is 2.39. The average Bonchev–Trinajstić information content (AvgIpc) is 2.65. The summed E-state index contributed by atoms with van der Waals surface area (Å²) < 4.78 is 19.9. The van der Waals surface area contributed by atoms with Gasteiger partial charge in [0.1, 0.15) is 11.9 Å². The molecule has 0 aliphatic carbocycles. The van der Waals surface area contributed by atoms with Crippen LogP contribution in [-0.4, -0.2) is 44.4 Å². The molecule has 4 atom stereocenters. The van der Waals surface area contributed by atoms with Crippen molar-refractivity contribution in [2.45, 2.75) is 24.2 Å². The van der Waals surface area contributed by atoms with E-state index in [1.807, 2.05) is 0 Å². The van der Waals surface area contributed by atoms with Crippen molar-refractivity contribution in [2.75, 3.05) is 12.3 Å². The number of aliphatic hydroxyl groups excluding tert-OH is 2. The van der Waals surface area contributed by atoms with E-state index in [2.05, 4.69) is 15.0 Å². The van der Waals surface area contributed by atoms with Crippen LogP contribution in [0.25, 0.3) is 10.4 Å². The predicted molar refractivity (Wildman–Crippen MR) is 62.9 cm³/mol. The maximum atomic E-state index is 14.0. The zero-order valence-electron chi connectivity index (χ0n) is 10.00. The number of nitrogens with zero attached hydrogens (tertiary/aromatic N) is 5. The largest absolute Gasteiger partial charge is 0.393 e. The van der Waals surface area contributed by atoms with Crippen molar-refractivity contribution in [2.24, 2.45) is 5.11 Å². The van der Waals surface area contributed by atoms with E-state index in [0.29, 0.717) is 0 Å². The lowest BCUT2D eigenvalue weighted by atomic mass is 10.1. The van der Waals surface area contributed by atoms with Crippen molar-refractivity contribution in [1.29, 1.82) is 0 Å². The summed E-state index contributed by atoms with van der Waals surface area (Å²) in [4.78, 5) is 17.4. The summed E-state index contributed by atoms with van der Waals surface area (Å²) in [5.74, 6) is -0.0565. The SMILES string of the molecule is [N-]=[N+]=N[C@]1(CO)O[C@@H](n2ccc(N)nc2=O)[C@H](O)C1F. The number of nitrogen functional groups attached to an aromatic ring is 1. The Labute approximate surface area is 110 Å². The van der Waals surface area contributed by atoms with E-state index in [4.69, 9.17) is 21.1 Å². The first-order valence-electron chi connectivity index (χ1n) is 5.47. The van der Waals surface area contributed by atoms with Crippen LogP contribution in [0.4, 0.5) is 10.2 Å². The molecule has 4 N–H and O–H groups in total. The minimum absolute atomic E-state index is 0.0565. The molecule has 1 saturated heterocycles. The number of azide groups is 1. The first-order valence-corrected chi connectivity index (χ1v) is 5.47. The van der Waals surface area contributed by atoms with Crippen molar-refractivity contribution < 1.29 is 19.3 Å². The monoisotopic (exact) mass is 286 g/mol. The summed E-state index contributed by atoms with van der Waals surface area (Å²) in [6.07, 6.45) is -4.38. The highest BCUT2D eigenvalue weighted by Gasteiger charge is 2.56. The number of anilines is 1. The van der Waals surface area contributed by atoms with Gasteiger partial charge in [0.05, 0.1) is 6.61 Å². The molecule has 0 amide bonds. The summed E-state index contributed by atoms with van der Waals surface area (Å²) in [5, 5.41) is 22.0. The Morgan fingerprint density at radius 2 is 2.45 bits per heavy atom. The molecule has 1 aliphatic heterocycles. The molecule has 2 heterocycles. The second kappa shape index (κ2) is 5.06. The van der Waals surface area contributed by atoms with Crippen LogP contribution in [0, 0.1) is 0 Å². The third kappa shape index (κ3) is 2.08. The molecule has 1 aromatic heterocycles.